The molecule has 1 aliphatic rings. The van der Waals surface area contributed by atoms with E-state index in [1.165, 1.54) is 16.7 Å². The summed E-state index contributed by atoms with van der Waals surface area (Å²) in [7, 11) is 1.68. The average Bonchev–Trinajstić information content (AvgIpc) is 2.67. The maximum absolute atomic E-state index is 5.54. The van der Waals surface area contributed by atoms with Crippen molar-refractivity contribution in [1.29, 1.82) is 0 Å². The molecule has 0 bridgehead atoms. The summed E-state index contributed by atoms with van der Waals surface area (Å²) < 4.78 is 5.18. The molecule has 124 valence electrons. The third kappa shape index (κ3) is 4.15. The van der Waals surface area contributed by atoms with Gasteiger partial charge in [-0.1, -0.05) is 48.5 Å². The lowest BCUT2D eigenvalue weighted by atomic mass is 10.00. The summed E-state index contributed by atoms with van der Waals surface area (Å²) in [5.41, 5.74) is 3.91. The summed E-state index contributed by atoms with van der Waals surface area (Å²) in [4.78, 5) is 2.21. The fraction of sp³-hybridized carbons (Fsp3) is 0.250. The zero-order chi connectivity index (χ0) is 16.8. The third-order valence-electron chi connectivity index (χ3n) is 4.24. The number of hydrogen-bond acceptors (Lipinski definition) is 2. The Bertz CT molecular complexity index is 710. The quantitative estimate of drug-likeness (QED) is 0.856. The lowest BCUT2D eigenvalue weighted by Gasteiger charge is -2.29. The first-order chi connectivity index (χ1) is 11.8. The second kappa shape index (κ2) is 7.97. The van der Waals surface area contributed by atoms with Gasteiger partial charge in [-0.3, -0.25) is 0 Å². The molecule has 0 aromatic heterocycles. The molecule has 0 unspecified atom stereocenters. The molecule has 3 nitrogen and oxygen atoms in total. The molecule has 0 amide bonds. The SMILES string of the molecule is COc1ccc(CNC(=S)N2CC=C(c3ccccc3)CC2)cc1. The first kappa shape index (κ1) is 16.5. The fourth-order valence-electron chi connectivity index (χ4n) is 2.80. The van der Waals surface area contributed by atoms with Gasteiger partial charge in [0.2, 0.25) is 0 Å². The van der Waals surface area contributed by atoms with Gasteiger partial charge >= 0.3 is 0 Å². The van der Waals surface area contributed by atoms with Crippen LogP contribution in [0, 0.1) is 0 Å². The van der Waals surface area contributed by atoms with Crippen molar-refractivity contribution in [2.45, 2.75) is 13.0 Å². The minimum absolute atomic E-state index is 0.731. The first-order valence-electron chi connectivity index (χ1n) is 8.16. The van der Waals surface area contributed by atoms with Gasteiger partial charge in [0.25, 0.3) is 0 Å². The molecule has 0 radical (unpaired) electrons. The van der Waals surface area contributed by atoms with Crippen LogP contribution in [-0.4, -0.2) is 30.2 Å². The molecule has 1 N–H and O–H groups in total. The van der Waals surface area contributed by atoms with Gasteiger partial charge < -0.3 is 15.0 Å². The molecule has 1 aliphatic heterocycles. The molecule has 24 heavy (non-hydrogen) atoms. The average molecular weight is 338 g/mol. The van der Waals surface area contributed by atoms with Crippen LogP contribution in [0.15, 0.2) is 60.7 Å². The minimum Gasteiger partial charge on any atom is -0.497 e. The van der Waals surface area contributed by atoms with Crippen LogP contribution in [0.4, 0.5) is 0 Å². The number of hydrogen-bond donors (Lipinski definition) is 1. The van der Waals surface area contributed by atoms with Crippen molar-refractivity contribution in [3.05, 3.63) is 71.8 Å². The van der Waals surface area contributed by atoms with E-state index < -0.39 is 0 Å². The van der Waals surface area contributed by atoms with Crippen molar-refractivity contribution in [1.82, 2.24) is 10.2 Å². The number of benzene rings is 2. The van der Waals surface area contributed by atoms with E-state index in [0.717, 1.165) is 36.9 Å². The van der Waals surface area contributed by atoms with E-state index in [2.05, 4.69) is 58.8 Å². The first-order valence-corrected chi connectivity index (χ1v) is 8.57. The van der Waals surface area contributed by atoms with E-state index in [1.54, 1.807) is 7.11 Å². The Morgan fingerprint density at radius 2 is 1.88 bits per heavy atom. The summed E-state index contributed by atoms with van der Waals surface area (Å²) in [5, 5.41) is 4.16. The van der Waals surface area contributed by atoms with Crippen LogP contribution in [0.25, 0.3) is 5.57 Å². The van der Waals surface area contributed by atoms with E-state index >= 15 is 0 Å². The van der Waals surface area contributed by atoms with Crippen molar-refractivity contribution in [3.8, 4) is 5.75 Å². The molecule has 3 rings (SSSR count). The second-order valence-corrected chi connectivity index (χ2v) is 6.18. The van der Waals surface area contributed by atoms with Crippen LogP contribution in [0.1, 0.15) is 17.5 Å². The van der Waals surface area contributed by atoms with Crippen molar-refractivity contribution < 1.29 is 4.74 Å². The largest absolute Gasteiger partial charge is 0.497 e. The smallest absolute Gasteiger partial charge is 0.169 e. The molecule has 2 aromatic rings. The van der Waals surface area contributed by atoms with Crippen LogP contribution in [-0.2, 0) is 6.54 Å². The van der Waals surface area contributed by atoms with E-state index in [-0.39, 0.29) is 0 Å². The number of thiocarbonyl (C=S) groups is 1. The Morgan fingerprint density at radius 1 is 1.12 bits per heavy atom. The standard InChI is InChI=1S/C20H22N2OS/c1-23-19-9-7-16(8-10-19)15-21-20(24)22-13-11-18(12-14-22)17-5-3-2-4-6-17/h2-11H,12-15H2,1H3,(H,21,24). The van der Waals surface area contributed by atoms with Gasteiger partial charge in [0.05, 0.1) is 7.11 Å². The highest BCUT2D eigenvalue weighted by atomic mass is 32.1. The fourth-order valence-corrected chi connectivity index (χ4v) is 3.04. The van der Waals surface area contributed by atoms with E-state index in [4.69, 9.17) is 17.0 Å². The summed E-state index contributed by atoms with van der Waals surface area (Å²) in [6.45, 7) is 2.54. The van der Waals surface area contributed by atoms with Crippen LogP contribution in [0.5, 0.6) is 5.75 Å². The Balaban J connectivity index is 1.52. The minimum atomic E-state index is 0.731. The molecule has 0 aliphatic carbocycles. The molecule has 4 heteroatoms. The number of rotatable bonds is 4. The summed E-state index contributed by atoms with van der Waals surface area (Å²) in [5.74, 6) is 0.871. The predicted octanol–water partition coefficient (Wildman–Crippen LogP) is 3.86. The van der Waals surface area contributed by atoms with Crippen molar-refractivity contribution >= 4 is 22.9 Å². The molecular formula is C20H22N2OS. The van der Waals surface area contributed by atoms with Crippen LogP contribution >= 0.6 is 12.2 Å². The summed E-state index contributed by atoms with van der Waals surface area (Å²) >= 11 is 5.54. The summed E-state index contributed by atoms with van der Waals surface area (Å²) in [6, 6.07) is 18.6. The molecule has 0 fully saturated rings. The number of nitrogens with one attached hydrogen (secondary N) is 1. The van der Waals surface area contributed by atoms with Gasteiger partial charge in [-0.2, -0.15) is 0 Å². The van der Waals surface area contributed by atoms with E-state index in [0.29, 0.717) is 0 Å². The Morgan fingerprint density at radius 3 is 2.50 bits per heavy atom. The molecule has 0 saturated heterocycles. The third-order valence-corrected chi connectivity index (χ3v) is 4.65. The van der Waals surface area contributed by atoms with Crippen LogP contribution in [0.3, 0.4) is 0 Å². The Labute approximate surface area is 148 Å². The zero-order valence-corrected chi connectivity index (χ0v) is 14.7. The van der Waals surface area contributed by atoms with E-state index in [9.17, 15) is 0 Å². The molecule has 2 aromatic carbocycles. The van der Waals surface area contributed by atoms with E-state index in [1.807, 2.05) is 12.1 Å². The number of ether oxygens (including phenoxy) is 1. The topological polar surface area (TPSA) is 24.5 Å². The monoisotopic (exact) mass is 338 g/mol. The van der Waals surface area contributed by atoms with Crippen LogP contribution in [0.2, 0.25) is 0 Å². The maximum atomic E-state index is 5.54. The zero-order valence-electron chi connectivity index (χ0n) is 13.9. The normalized spacial score (nSPS) is 14.0. The van der Waals surface area contributed by atoms with Gasteiger partial charge in [0, 0.05) is 19.6 Å². The van der Waals surface area contributed by atoms with Gasteiger partial charge in [-0.25, -0.2) is 0 Å². The lowest BCUT2D eigenvalue weighted by molar-refractivity contribution is 0.414. The maximum Gasteiger partial charge on any atom is 0.169 e. The van der Waals surface area contributed by atoms with Crippen LogP contribution < -0.4 is 10.1 Å². The highest BCUT2D eigenvalue weighted by Crippen LogP contribution is 2.22. The van der Waals surface area contributed by atoms with Crippen molar-refractivity contribution in [2.75, 3.05) is 20.2 Å². The lowest BCUT2D eigenvalue weighted by Crippen LogP contribution is -2.41. The van der Waals surface area contributed by atoms with Gasteiger partial charge in [0.15, 0.2) is 5.11 Å². The number of nitrogens with zero attached hydrogens (tertiary/aromatic N) is 1. The van der Waals surface area contributed by atoms with Crippen molar-refractivity contribution in [3.63, 3.8) is 0 Å². The molecule has 1 heterocycles. The predicted molar refractivity (Wildman–Crippen MR) is 103 cm³/mol. The highest BCUT2D eigenvalue weighted by Gasteiger charge is 2.15. The molecule has 0 spiro atoms. The molecule has 0 atom stereocenters. The summed E-state index contributed by atoms with van der Waals surface area (Å²) in [6.07, 6.45) is 3.30. The van der Waals surface area contributed by atoms with Gasteiger partial charge in [0.1, 0.15) is 5.75 Å². The van der Waals surface area contributed by atoms with Gasteiger partial charge in [-0.15, -0.1) is 0 Å². The molecule has 0 saturated carbocycles. The highest BCUT2D eigenvalue weighted by molar-refractivity contribution is 7.80. The number of methoxy groups -OCH3 is 1. The Kier molecular flexibility index (Phi) is 5.49. The Hall–Kier alpha value is -2.33. The second-order valence-electron chi connectivity index (χ2n) is 5.80. The molecular weight excluding hydrogens is 316 g/mol. The van der Waals surface area contributed by atoms with Gasteiger partial charge in [-0.05, 0) is 47.5 Å². The van der Waals surface area contributed by atoms with Crippen molar-refractivity contribution in [2.24, 2.45) is 0 Å².